The van der Waals surface area contributed by atoms with E-state index in [-0.39, 0.29) is 0 Å². The number of rotatable bonds is 7. The monoisotopic (exact) mass is 394 g/mol. The summed E-state index contributed by atoms with van der Waals surface area (Å²) >= 11 is 0. The van der Waals surface area contributed by atoms with E-state index in [1.807, 2.05) is 31.2 Å². The Morgan fingerprint density at radius 2 is 1.79 bits per heavy atom. The first-order valence-electron chi connectivity index (χ1n) is 10.7. The molecule has 1 aliphatic rings. The molecule has 0 radical (unpaired) electrons. The largest absolute Gasteiger partial charge is 0.386 e. The number of aliphatic imine (C=N–C) groups is 1. The number of likely N-dealkylation sites (tertiary alicyclic amines) is 1. The van der Waals surface area contributed by atoms with Gasteiger partial charge in [0.15, 0.2) is 5.96 Å². The van der Waals surface area contributed by atoms with E-state index in [0.29, 0.717) is 12.6 Å². The zero-order valence-electron chi connectivity index (χ0n) is 17.6. The third-order valence-electron chi connectivity index (χ3n) is 5.41. The molecule has 3 rings (SSSR count). The van der Waals surface area contributed by atoms with Crippen molar-refractivity contribution >= 4 is 5.96 Å². The van der Waals surface area contributed by atoms with E-state index >= 15 is 0 Å². The van der Waals surface area contributed by atoms with Crippen LogP contribution >= 0.6 is 0 Å². The molecule has 1 heterocycles. The van der Waals surface area contributed by atoms with Gasteiger partial charge in [-0.05, 0) is 37.8 Å². The van der Waals surface area contributed by atoms with E-state index in [1.165, 1.54) is 11.1 Å². The van der Waals surface area contributed by atoms with E-state index in [2.05, 4.69) is 57.8 Å². The molecule has 0 aromatic heterocycles. The minimum atomic E-state index is -0.584. The van der Waals surface area contributed by atoms with Gasteiger partial charge >= 0.3 is 0 Å². The molecule has 0 aliphatic carbocycles. The number of piperidine rings is 1. The zero-order chi connectivity index (χ0) is 20.5. The van der Waals surface area contributed by atoms with Crippen LogP contribution in [0.3, 0.4) is 0 Å². The number of nitrogens with one attached hydrogen (secondary N) is 2. The van der Waals surface area contributed by atoms with Gasteiger partial charge in [0.05, 0.1) is 12.6 Å². The summed E-state index contributed by atoms with van der Waals surface area (Å²) in [5.74, 6) is 0.792. The van der Waals surface area contributed by atoms with Crippen LogP contribution in [-0.4, -0.2) is 48.2 Å². The minimum absolute atomic E-state index is 0.352. The number of aliphatic hydroxyl groups excluding tert-OH is 1. The molecular formula is C24H34N4O. The van der Waals surface area contributed by atoms with Crippen molar-refractivity contribution in [3.63, 3.8) is 0 Å². The Kier molecular flexibility index (Phi) is 8.08. The molecule has 3 N–H and O–H groups in total. The maximum Gasteiger partial charge on any atom is 0.191 e. The third kappa shape index (κ3) is 6.87. The van der Waals surface area contributed by atoms with Crippen molar-refractivity contribution in [2.45, 2.75) is 45.4 Å². The molecule has 0 bridgehead atoms. The topological polar surface area (TPSA) is 59.9 Å². The first kappa shape index (κ1) is 21.3. The predicted molar refractivity (Wildman–Crippen MR) is 120 cm³/mol. The molecule has 5 nitrogen and oxygen atoms in total. The smallest absolute Gasteiger partial charge is 0.191 e. The fourth-order valence-corrected chi connectivity index (χ4v) is 3.66. The minimum Gasteiger partial charge on any atom is -0.386 e. The highest BCUT2D eigenvalue weighted by atomic mass is 16.3. The van der Waals surface area contributed by atoms with Gasteiger partial charge in [0.2, 0.25) is 0 Å². The summed E-state index contributed by atoms with van der Waals surface area (Å²) in [5.41, 5.74) is 3.47. The summed E-state index contributed by atoms with van der Waals surface area (Å²) in [4.78, 5) is 7.14. The van der Waals surface area contributed by atoms with E-state index in [1.54, 1.807) is 0 Å². The molecule has 1 saturated heterocycles. The van der Waals surface area contributed by atoms with E-state index in [9.17, 15) is 5.11 Å². The van der Waals surface area contributed by atoms with E-state index < -0.39 is 6.10 Å². The average Bonchev–Trinajstić information content (AvgIpc) is 2.74. The number of nitrogens with zero attached hydrogens (tertiary/aromatic N) is 2. The van der Waals surface area contributed by atoms with Gasteiger partial charge in [-0.2, -0.15) is 0 Å². The first-order chi connectivity index (χ1) is 14.1. The number of aliphatic hydroxyl groups is 1. The Bertz CT molecular complexity index is 752. The molecule has 0 spiro atoms. The lowest BCUT2D eigenvalue weighted by Crippen LogP contribution is -2.48. The summed E-state index contributed by atoms with van der Waals surface area (Å²) in [7, 11) is 0. The van der Waals surface area contributed by atoms with E-state index in [0.717, 1.165) is 50.5 Å². The third-order valence-corrected chi connectivity index (χ3v) is 5.41. The normalized spacial score (nSPS) is 17.1. The fraction of sp³-hybridized carbons (Fsp3) is 0.458. The molecule has 1 aliphatic heterocycles. The highest BCUT2D eigenvalue weighted by Crippen LogP contribution is 2.15. The number of benzene rings is 2. The average molecular weight is 395 g/mol. The molecule has 1 atom stereocenters. The van der Waals surface area contributed by atoms with Crippen LogP contribution in [0.2, 0.25) is 0 Å². The van der Waals surface area contributed by atoms with Crippen LogP contribution in [0.25, 0.3) is 0 Å². The Hall–Kier alpha value is -2.37. The van der Waals surface area contributed by atoms with Crippen molar-refractivity contribution in [2.24, 2.45) is 4.99 Å². The Morgan fingerprint density at radius 1 is 1.10 bits per heavy atom. The molecular weight excluding hydrogens is 360 g/mol. The maximum absolute atomic E-state index is 10.4. The quantitative estimate of drug-likeness (QED) is 0.498. The van der Waals surface area contributed by atoms with Gasteiger partial charge in [-0.3, -0.25) is 9.89 Å². The van der Waals surface area contributed by atoms with Crippen LogP contribution in [-0.2, 0) is 6.54 Å². The van der Waals surface area contributed by atoms with Crippen LogP contribution in [0.4, 0.5) is 0 Å². The molecule has 2 aromatic rings. The summed E-state index contributed by atoms with van der Waals surface area (Å²) in [6.07, 6.45) is 1.61. The van der Waals surface area contributed by atoms with Crippen molar-refractivity contribution in [3.8, 4) is 0 Å². The van der Waals surface area contributed by atoms with Crippen LogP contribution in [0, 0.1) is 6.92 Å². The van der Waals surface area contributed by atoms with Gasteiger partial charge in [0, 0.05) is 32.2 Å². The van der Waals surface area contributed by atoms with E-state index in [4.69, 9.17) is 0 Å². The first-order valence-corrected chi connectivity index (χ1v) is 10.7. The summed E-state index contributed by atoms with van der Waals surface area (Å²) in [5, 5.41) is 17.3. The standard InChI is InChI=1S/C24H34N4O/c1-3-25-24(26-17-23(29)21-11-9-19(2)10-12-21)27-22-13-15-28(16-14-22)18-20-7-5-4-6-8-20/h4-12,22-23,29H,3,13-18H2,1-2H3,(H2,25,26,27). The van der Waals surface area contributed by atoms with Crippen molar-refractivity contribution in [3.05, 3.63) is 71.3 Å². The van der Waals surface area contributed by atoms with Crippen LogP contribution in [0.5, 0.6) is 0 Å². The summed E-state index contributed by atoms with van der Waals surface area (Å²) in [6, 6.07) is 19.1. The zero-order valence-corrected chi connectivity index (χ0v) is 17.6. The van der Waals surface area contributed by atoms with Crippen LogP contribution in [0.1, 0.15) is 42.6 Å². The maximum atomic E-state index is 10.4. The van der Waals surface area contributed by atoms with Gasteiger partial charge in [-0.1, -0.05) is 60.2 Å². The summed E-state index contributed by atoms with van der Waals surface area (Å²) in [6.45, 7) is 8.45. The highest BCUT2D eigenvalue weighted by Gasteiger charge is 2.20. The van der Waals surface area contributed by atoms with Crippen molar-refractivity contribution in [1.82, 2.24) is 15.5 Å². The van der Waals surface area contributed by atoms with Crippen molar-refractivity contribution in [1.29, 1.82) is 0 Å². The second-order valence-corrected chi connectivity index (χ2v) is 7.83. The number of hydrogen-bond acceptors (Lipinski definition) is 3. The van der Waals surface area contributed by atoms with Crippen LogP contribution < -0.4 is 10.6 Å². The number of aryl methyl sites for hydroxylation is 1. The molecule has 0 amide bonds. The van der Waals surface area contributed by atoms with Gasteiger partial charge < -0.3 is 15.7 Å². The SMILES string of the molecule is CCNC(=NCC(O)c1ccc(C)cc1)NC1CCN(Cc2ccccc2)CC1. The lowest BCUT2D eigenvalue weighted by atomic mass is 10.0. The highest BCUT2D eigenvalue weighted by molar-refractivity contribution is 5.80. The Balaban J connectivity index is 1.48. The molecule has 156 valence electrons. The van der Waals surface area contributed by atoms with Gasteiger partial charge in [-0.15, -0.1) is 0 Å². The number of hydrogen-bond donors (Lipinski definition) is 3. The molecule has 2 aromatic carbocycles. The summed E-state index contributed by atoms with van der Waals surface area (Å²) < 4.78 is 0. The second kappa shape index (κ2) is 11.0. The molecule has 29 heavy (non-hydrogen) atoms. The molecule has 0 saturated carbocycles. The van der Waals surface area contributed by atoms with Crippen molar-refractivity contribution in [2.75, 3.05) is 26.2 Å². The number of guanidine groups is 1. The molecule has 5 heteroatoms. The lowest BCUT2D eigenvalue weighted by Gasteiger charge is -2.33. The molecule has 1 fully saturated rings. The van der Waals surface area contributed by atoms with Gasteiger partial charge in [-0.25, -0.2) is 0 Å². The van der Waals surface area contributed by atoms with Gasteiger partial charge in [0.25, 0.3) is 0 Å². The van der Waals surface area contributed by atoms with Gasteiger partial charge in [0.1, 0.15) is 0 Å². The molecule has 1 unspecified atom stereocenters. The second-order valence-electron chi connectivity index (χ2n) is 7.83. The Morgan fingerprint density at radius 3 is 2.45 bits per heavy atom. The van der Waals surface area contributed by atoms with Crippen molar-refractivity contribution < 1.29 is 5.11 Å². The Labute approximate surface area is 174 Å². The predicted octanol–water partition coefficient (Wildman–Crippen LogP) is 3.25. The lowest BCUT2D eigenvalue weighted by molar-refractivity contribution is 0.186. The van der Waals surface area contributed by atoms with Crippen LogP contribution in [0.15, 0.2) is 59.6 Å². The fourth-order valence-electron chi connectivity index (χ4n) is 3.66.